The summed E-state index contributed by atoms with van der Waals surface area (Å²) in [6.45, 7) is 4.35. The van der Waals surface area contributed by atoms with Gasteiger partial charge in [-0.05, 0) is 40.1 Å². The number of aliphatic hydroxyl groups is 1. The SMILES string of the molecule is CC(CCN(C)C)NCC(O)Cn1cccn1. The first-order valence-electron chi connectivity index (χ1n) is 6.11. The van der Waals surface area contributed by atoms with Crippen LogP contribution in [0.15, 0.2) is 18.5 Å². The summed E-state index contributed by atoms with van der Waals surface area (Å²) >= 11 is 0. The maximum Gasteiger partial charge on any atom is 0.0860 e. The zero-order valence-corrected chi connectivity index (χ0v) is 11.0. The molecule has 0 radical (unpaired) electrons. The molecule has 5 nitrogen and oxygen atoms in total. The molecule has 1 rings (SSSR count). The van der Waals surface area contributed by atoms with Crippen molar-refractivity contribution in [1.29, 1.82) is 0 Å². The molecule has 0 aliphatic rings. The van der Waals surface area contributed by atoms with Crippen molar-refractivity contribution in [3.8, 4) is 0 Å². The van der Waals surface area contributed by atoms with Gasteiger partial charge in [0.2, 0.25) is 0 Å². The summed E-state index contributed by atoms with van der Waals surface area (Å²) in [4.78, 5) is 2.17. The predicted molar refractivity (Wildman–Crippen MR) is 68.9 cm³/mol. The van der Waals surface area contributed by atoms with Crippen molar-refractivity contribution in [2.45, 2.75) is 32.0 Å². The van der Waals surface area contributed by atoms with Crippen LogP contribution in [0, 0.1) is 0 Å². The van der Waals surface area contributed by atoms with E-state index in [1.807, 2.05) is 12.3 Å². The summed E-state index contributed by atoms with van der Waals surface area (Å²) in [6, 6.07) is 2.28. The highest BCUT2D eigenvalue weighted by Crippen LogP contribution is 1.94. The molecule has 0 bridgehead atoms. The predicted octanol–water partition coefficient (Wildman–Crippen LogP) is 0.174. The van der Waals surface area contributed by atoms with E-state index in [-0.39, 0.29) is 0 Å². The number of nitrogens with one attached hydrogen (secondary N) is 1. The molecule has 0 saturated carbocycles. The van der Waals surface area contributed by atoms with Crippen molar-refractivity contribution >= 4 is 0 Å². The van der Waals surface area contributed by atoms with Crippen molar-refractivity contribution < 1.29 is 5.11 Å². The molecule has 0 saturated heterocycles. The summed E-state index contributed by atoms with van der Waals surface area (Å²) in [7, 11) is 4.14. The Morgan fingerprint density at radius 2 is 2.24 bits per heavy atom. The third-order valence-corrected chi connectivity index (χ3v) is 2.67. The molecule has 5 heteroatoms. The van der Waals surface area contributed by atoms with Gasteiger partial charge in [-0.15, -0.1) is 0 Å². The minimum absolute atomic E-state index is 0.392. The Labute approximate surface area is 103 Å². The molecule has 1 aromatic heterocycles. The minimum atomic E-state index is -0.392. The molecule has 0 fully saturated rings. The minimum Gasteiger partial charge on any atom is -0.390 e. The van der Waals surface area contributed by atoms with Crippen LogP contribution in [0.5, 0.6) is 0 Å². The van der Waals surface area contributed by atoms with Gasteiger partial charge >= 0.3 is 0 Å². The highest BCUT2D eigenvalue weighted by Gasteiger charge is 2.08. The van der Waals surface area contributed by atoms with Crippen LogP contribution in [0.3, 0.4) is 0 Å². The van der Waals surface area contributed by atoms with E-state index in [0.29, 0.717) is 19.1 Å². The van der Waals surface area contributed by atoms with E-state index >= 15 is 0 Å². The van der Waals surface area contributed by atoms with Crippen molar-refractivity contribution in [1.82, 2.24) is 20.0 Å². The highest BCUT2D eigenvalue weighted by atomic mass is 16.3. The molecule has 98 valence electrons. The Balaban J connectivity index is 2.12. The maximum atomic E-state index is 9.81. The fraction of sp³-hybridized carbons (Fsp3) is 0.750. The van der Waals surface area contributed by atoms with E-state index in [0.717, 1.165) is 13.0 Å². The van der Waals surface area contributed by atoms with Gasteiger partial charge in [0.05, 0.1) is 12.6 Å². The van der Waals surface area contributed by atoms with E-state index in [4.69, 9.17) is 0 Å². The van der Waals surface area contributed by atoms with Gasteiger partial charge in [-0.2, -0.15) is 5.10 Å². The standard InChI is InChI=1S/C12H24N4O/c1-11(5-8-15(2)3)13-9-12(17)10-16-7-4-6-14-16/h4,6-7,11-13,17H,5,8-10H2,1-3H3. The topological polar surface area (TPSA) is 53.3 Å². The number of hydrogen-bond acceptors (Lipinski definition) is 4. The van der Waals surface area contributed by atoms with E-state index in [2.05, 4.69) is 36.3 Å². The molecule has 1 aromatic rings. The molecule has 2 atom stereocenters. The average molecular weight is 240 g/mol. The van der Waals surface area contributed by atoms with Crippen LogP contribution < -0.4 is 5.32 Å². The van der Waals surface area contributed by atoms with Crippen LogP contribution in [-0.2, 0) is 6.54 Å². The van der Waals surface area contributed by atoms with Crippen LogP contribution in [0.4, 0.5) is 0 Å². The van der Waals surface area contributed by atoms with Crippen LogP contribution in [-0.4, -0.2) is 59.1 Å². The highest BCUT2D eigenvalue weighted by molar-refractivity contribution is 4.79. The summed E-state index contributed by atoms with van der Waals surface area (Å²) in [5.74, 6) is 0. The second kappa shape index (κ2) is 7.42. The largest absolute Gasteiger partial charge is 0.390 e. The van der Waals surface area contributed by atoms with E-state index in [9.17, 15) is 5.11 Å². The zero-order chi connectivity index (χ0) is 12.7. The van der Waals surface area contributed by atoms with E-state index in [1.54, 1.807) is 10.9 Å². The van der Waals surface area contributed by atoms with Crippen molar-refractivity contribution in [3.05, 3.63) is 18.5 Å². The van der Waals surface area contributed by atoms with Crippen LogP contribution in [0.1, 0.15) is 13.3 Å². The van der Waals surface area contributed by atoms with Gasteiger partial charge in [0, 0.05) is 25.0 Å². The number of rotatable bonds is 8. The van der Waals surface area contributed by atoms with E-state index in [1.165, 1.54) is 0 Å². The van der Waals surface area contributed by atoms with Crippen LogP contribution in [0.2, 0.25) is 0 Å². The van der Waals surface area contributed by atoms with Gasteiger partial charge in [0.1, 0.15) is 0 Å². The Morgan fingerprint density at radius 1 is 1.47 bits per heavy atom. The van der Waals surface area contributed by atoms with Gasteiger partial charge < -0.3 is 15.3 Å². The van der Waals surface area contributed by atoms with Gasteiger partial charge in [0.15, 0.2) is 0 Å². The molecule has 0 amide bonds. The lowest BCUT2D eigenvalue weighted by atomic mass is 10.2. The number of aliphatic hydroxyl groups excluding tert-OH is 1. The molecule has 0 spiro atoms. The summed E-state index contributed by atoms with van der Waals surface area (Å²) in [6.07, 6.45) is 4.27. The zero-order valence-electron chi connectivity index (χ0n) is 11.0. The third kappa shape index (κ3) is 6.41. The Hall–Kier alpha value is -0.910. The molecule has 1 heterocycles. The van der Waals surface area contributed by atoms with Gasteiger partial charge in [0.25, 0.3) is 0 Å². The average Bonchev–Trinajstić information content (AvgIpc) is 2.76. The Kier molecular flexibility index (Phi) is 6.18. The fourth-order valence-corrected chi connectivity index (χ4v) is 1.58. The number of nitrogens with zero attached hydrogens (tertiary/aromatic N) is 3. The number of aromatic nitrogens is 2. The molecule has 2 N–H and O–H groups in total. The monoisotopic (exact) mass is 240 g/mol. The summed E-state index contributed by atoms with van der Waals surface area (Å²) in [5, 5.41) is 17.2. The van der Waals surface area contributed by atoms with Gasteiger partial charge in [-0.3, -0.25) is 4.68 Å². The van der Waals surface area contributed by atoms with Crippen LogP contribution >= 0.6 is 0 Å². The normalized spacial score (nSPS) is 15.1. The van der Waals surface area contributed by atoms with Gasteiger partial charge in [-0.1, -0.05) is 0 Å². The molecule has 0 aliphatic carbocycles. The van der Waals surface area contributed by atoms with Crippen molar-refractivity contribution in [3.63, 3.8) is 0 Å². The molecule has 2 unspecified atom stereocenters. The summed E-state index contributed by atoms with van der Waals surface area (Å²) in [5.41, 5.74) is 0. The second-order valence-electron chi connectivity index (χ2n) is 4.78. The fourth-order valence-electron chi connectivity index (χ4n) is 1.58. The molecule has 17 heavy (non-hydrogen) atoms. The lowest BCUT2D eigenvalue weighted by molar-refractivity contribution is 0.142. The Morgan fingerprint density at radius 3 is 2.82 bits per heavy atom. The molecular formula is C12H24N4O. The molecule has 0 aromatic carbocycles. The smallest absolute Gasteiger partial charge is 0.0860 e. The van der Waals surface area contributed by atoms with Crippen molar-refractivity contribution in [2.24, 2.45) is 0 Å². The Bertz CT molecular complexity index is 287. The first-order chi connectivity index (χ1) is 8.08. The first kappa shape index (κ1) is 14.2. The molecular weight excluding hydrogens is 216 g/mol. The van der Waals surface area contributed by atoms with Crippen molar-refractivity contribution in [2.75, 3.05) is 27.2 Å². The first-order valence-corrected chi connectivity index (χ1v) is 6.11. The lowest BCUT2D eigenvalue weighted by Crippen LogP contribution is -2.37. The quantitative estimate of drug-likeness (QED) is 0.680. The van der Waals surface area contributed by atoms with Gasteiger partial charge in [-0.25, -0.2) is 0 Å². The van der Waals surface area contributed by atoms with Crippen LogP contribution in [0.25, 0.3) is 0 Å². The maximum absolute atomic E-state index is 9.81. The summed E-state index contributed by atoms with van der Waals surface area (Å²) < 4.78 is 1.75. The number of hydrogen-bond donors (Lipinski definition) is 2. The van der Waals surface area contributed by atoms with E-state index < -0.39 is 6.10 Å². The second-order valence-corrected chi connectivity index (χ2v) is 4.78. The molecule has 0 aliphatic heterocycles. The third-order valence-electron chi connectivity index (χ3n) is 2.67. The lowest BCUT2D eigenvalue weighted by Gasteiger charge is -2.19.